The molecule has 9 heteroatoms. The Labute approximate surface area is 116 Å². The fourth-order valence-corrected chi connectivity index (χ4v) is 1.13. The third-order valence-corrected chi connectivity index (χ3v) is 3.23. The van der Waals surface area contributed by atoms with Gasteiger partial charge in [-0.15, -0.1) is 0 Å². The average Bonchev–Trinajstić information content (AvgIpc) is 1.97. The number of phosphoric acid groups is 1. The SMILES string of the molecule is O=P(O)(O)OCC(Br)=C(Br)CO.[H-].[Na+]. The monoisotopic (exact) mass is 348 g/mol. The van der Waals surface area contributed by atoms with Crippen LogP contribution in [-0.4, -0.2) is 28.1 Å². The summed E-state index contributed by atoms with van der Waals surface area (Å²) in [5.74, 6) is 0. The summed E-state index contributed by atoms with van der Waals surface area (Å²) in [5, 5.41) is 8.55. The van der Waals surface area contributed by atoms with Gasteiger partial charge >= 0.3 is 37.4 Å². The second-order valence-corrected chi connectivity index (χ2v) is 4.89. The molecule has 0 bridgehead atoms. The van der Waals surface area contributed by atoms with Crippen molar-refractivity contribution in [1.82, 2.24) is 0 Å². The molecular weight excluding hydrogens is 342 g/mol. The van der Waals surface area contributed by atoms with Gasteiger partial charge in [0.25, 0.3) is 0 Å². The van der Waals surface area contributed by atoms with Gasteiger partial charge in [-0.1, -0.05) is 31.9 Å². The van der Waals surface area contributed by atoms with Gasteiger partial charge in [-0.3, -0.25) is 4.52 Å². The van der Waals surface area contributed by atoms with Crippen molar-refractivity contribution in [3.63, 3.8) is 0 Å². The van der Waals surface area contributed by atoms with E-state index in [4.69, 9.17) is 14.9 Å². The van der Waals surface area contributed by atoms with Crippen LogP contribution in [0.4, 0.5) is 0 Å². The van der Waals surface area contributed by atoms with Crippen molar-refractivity contribution >= 4 is 39.7 Å². The summed E-state index contributed by atoms with van der Waals surface area (Å²) in [4.78, 5) is 16.6. The van der Waals surface area contributed by atoms with Crippen LogP contribution >= 0.6 is 39.7 Å². The summed E-state index contributed by atoms with van der Waals surface area (Å²) in [6, 6.07) is 0. The molecule has 0 atom stereocenters. The third kappa shape index (κ3) is 10.1. The molecule has 0 saturated heterocycles. The minimum atomic E-state index is -4.44. The standard InChI is InChI=1S/C4H7Br2O5P.Na.H/c5-3(1-7)4(6)2-11-12(8,9)10;;/h7H,1-2H2,(H2,8,9,10);;/q;+1;-1. The Morgan fingerprint density at radius 2 is 1.85 bits per heavy atom. The van der Waals surface area contributed by atoms with E-state index in [1.54, 1.807) is 0 Å². The van der Waals surface area contributed by atoms with E-state index in [0.717, 1.165) is 0 Å². The minimum absolute atomic E-state index is 0. The zero-order valence-corrected chi connectivity index (χ0v) is 12.8. The number of aliphatic hydroxyl groups excluding tert-OH is 1. The molecule has 0 aliphatic heterocycles. The predicted molar refractivity (Wildman–Crippen MR) is 51.1 cm³/mol. The number of hydrogen-bond acceptors (Lipinski definition) is 3. The summed E-state index contributed by atoms with van der Waals surface area (Å²) in [5.41, 5.74) is 0. The summed E-state index contributed by atoms with van der Waals surface area (Å²) >= 11 is 5.92. The molecule has 0 aliphatic rings. The number of aliphatic hydroxyl groups is 1. The first-order valence-corrected chi connectivity index (χ1v) is 5.82. The molecule has 3 N–H and O–H groups in total. The van der Waals surface area contributed by atoms with Crippen LogP contribution in [0.15, 0.2) is 8.96 Å². The summed E-state index contributed by atoms with van der Waals surface area (Å²) in [6.45, 7) is -0.545. The molecule has 0 spiro atoms. The topological polar surface area (TPSA) is 87.0 Å². The number of phosphoric ester groups is 1. The second kappa shape index (κ2) is 7.98. The van der Waals surface area contributed by atoms with E-state index in [1.807, 2.05) is 0 Å². The smallest absolute Gasteiger partial charge is 1.00 e. The third-order valence-electron chi connectivity index (χ3n) is 0.793. The predicted octanol–water partition coefficient (Wildman–Crippen LogP) is -1.79. The Balaban J connectivity index is -0.000000605. The van der Waals surface area contributed by atoms with Gasteiger partial charge in [-0.2, -0.15) is 0 Å². The molecule has 0 radical (unpaired) electrons. The molecule has 0 aliphatic carbocycles. The number of halogens is 2. The molecule has 0 aromatic rings. The summed E-state index contributed by atoms with van der Waals surface area (Å²) in [6.07, 6.45) is 0. The van der Waals surface area contributed by atoms with E-state index in [2.05, 4.69) is 36.4 Å². The Hall–Kier alpha value is 1.77. The van der Waals surface area contributed by atoms with Crippen LogP contribution in [0, 0.1) is 0 Å². The van der Waals surface area contributed by atoms with Crippen LogP contribution in [0.25, 0.3) is 0 Å². The molecule has 0 amide bonds. The zero-order chi connectivity index (χ0) is 9.78. The quantitative estimate of drug-likeness (QED) is 0.412. The average molecular weight is 350 g/mol. The van der Waals surface area contributed by atoms with Gasteiger partial charge in [0, 0.05) is 8.96 Å². The van der Waals surface area contributed by atoms with Crippen molar-refractivity contribution in [2.24, 2.45) is 0 Å². The molecule has 0 saturated carbocycles. The molecule has 13 heavy (non-hydrogen) atoms. The van der Waals surface area contributed by atoms with Crippen LogP contribution in [0.5, 0.6) is 0 Å². The van der Waals surface area contributed by atoms with E-state index >= 15 is 0 Å². The molecule has 5 nitrogen and oxygen atoms in total. The van der Waals surface area contributed by atoms with Gasteiger partial charge in [-0.05, 0) is 0 Å². The Bertz CT molecular complexity index is 232. The molecule has 0 rings (SSSR count). The Kier molecular flexibility index (Phi) is 10.5. The van der Waals surface area contributed by atoms with Gasteiger partial charge in [0.15, 0.2) is 0 Å². The largest absolute Gasteiger partial charge is 1.00 e. The van der Waals surface area contributed by atoms with E-state index in [-0.39, 0.29) is 44.2 Å². The summed E-state index contributed by atoms with van der Waals surface area (Å²) < 4.78 is 15.1. The Morgan fingerprint density at radius 3 is 2.15 bits per heavy atom. The maximum absolute atomic E-state index is 10.2. The van der Waals surface area contributed by atoms with E-state index < -0.39 is 7.82 Å². The van der Waals surface area contributed by atoms with Crippen molar-refractivity contribution in [1.29, 1.82) is 0 Å². The van der Waals surface area contributed by atoms with E-state index in [0.29, 0.717) is 8.96 Å². The fourth-order valence-electron chi connectivity index (χ4n) is 0.305. The second-order valence-electron chi connectivity index (χ2n) is 1.73. The summed E-state index contributed by atoms with van der Waals surface area (Å²) in [7, 11) is -4.44. The fraction of sp³-hybridized carbons (Fsp3) is 0.500. The van der Waals surface area contributed by atoms with Crippen LogP contribution in [0.2, 0.25) is 0 Å². The van der Waals surface area contributed by atoms with Crippen LogP contribution < -0.4 is 29.6 Å². The Morgan fingerprint density at radius 1 is 1.38 bits per heavy atom. The van der Waals surface area contributed by atoms with Crippen molar-refractivity contribution < 1.29 is 55.0 Å². The van der Waals surface area contributed by atoms with E-state index in [9.17, 15) is 4.57 Å². The zero-order valence-electron chi connectivity index (χ0n) is 7.78. The van der Waals surface area contributed by atoms with Gasteiger partial charge in [0.1, 0.15) is 0 Å². The van der Waals surface area contributed by atoms with Crippen LogP contribution in [0.1, 0.15) is 1.43 Å². The van der Waals surface area contributed by atoms with Gasteiger partial charge in [0.05, 0.1) is 13.2 Å². The first kappa shape index (κ1) is 17.2. The molecule has 0 aromatic heterocycles. The van der Waals surface area contributed by atoms with Crippen molar-refractivity contribution in [3.8, 4) is 0 Å². The van der Waals surface area contributed by atoms with Crippen molar-refractivity contribution in [2.75, 3.05) is 13.2 Å². The molecule has 0 fully saturated rings. The van der Waals surface area contributed by atoms with Crippen molar-refractivity contribution in [3.05, 3.63) is 8.96 Å². The molecular formula is C4H8Br2NaO5P. The molecule has 0 heterocycles. The van der Waals surface area contributed by atoms with Gasteiger partial charge in [-0.25, -0.2) is 4.57 Å². The minimum Gasteiger partial charge on any atom is -1.00 e. The van der Waals surface area contributed by atoms with Gasteiger partial charge in [0.2, 0.25) is 0 Å². The molecule has 0 aromatic carbocycles. The van der Waals surface area contributed by atoms with Crippen LogP contribution in [-0.2, 0) is 9.09 Å². The van der Waals surface area contributed by atoms with E-state index in [1.165, 1.54) is 0 Å². The first-order valence-electron chi connectivity index (χ1n) is 2.71. The number of rotatable bonds is 4. The maximum Gasteiger partial charge on any atom is 1.00 e. The van der Waals surface area contributed by atoms with Gasteiger partial charge < -0.3 is 16.3 Å². The molecule has 74 valence electrons. The molecule has 0 unspecified atom stereocenters. The normalized spacial score (nSPS) is 13.3. The first-order chi connectivity index (χ1) is 5.37. The number of hydrogen-bond donors (Lipinski definition) is 3. The maximum atomic E-state index is 10.2. The van der Waals surface area contributed by atoms with Crippen LogP contribution in [0.3, 0.4) is 0 Å². The van der Waals surface area contributed by atoms with Crippen molar-refractivity contribution in [2.45, 2.75) is 0 Å².